The van der Waals surface area contributed by atoms with Gasteiger partial charge in [-0.15, -0.1) is 0 Å². The third-order valence-corrected chi connectivity index (χ3v) is 2.62. The lowest BCUT2D eigenvalue weighted by molar-refractivity contribution is -0.385. The second-order valence-corrected chi connectivity index (χ2v) is 3.82. The average molecular weight is 252 g/mol. The molecule has 7 nitrogen and oxygen atoms in total. The van der Waals surface area contributed by atoms with E-state index in [0.29, 0.717) is 13.2 Å². The molecule has 1 aliphatic rings. The highest BCUT2D eigenvalue weighted by atomic mass is 16.6. The molecule has 1 heterocycles. The summed E-state index contributed by atoms with van der Waals surface area (Å²) in [6, 6.07) is 4.16. The van der Waals surface area contributed by atoms with Gasteiger partial charge in [-0.2, -0.15) is 0 Å². The molecule has 1 aromatic carbocycles. The maximum Gasteiger partial charge on any atom is 0.285 e. The van der Waals surface area contributed by atoms with Crippen LogP contribution in [0.3, 0.4) is 0 Å². The number of nitrogens with zero attached hydrogens (tertiary/aromatic N) is 1. The Kier molecular flexibility index (Phi) is 3.42. The summed E-state index contributed by atoms with van der Waals surface area (Å²) in [5.41, 5.74) is -0.330. The van der Waals surface area contributed by atoms with Gasteiger partial charge in [0, 0.05) is 6.07 Å². The summed E-state index contributed by atoms with van der Waals surface area (Å²) in [6.07, 6.45) is 0. The van der Waals surface area contributed by atoms with Crippen molar-refractivity contribution in [1.29, 1.82) is 0 Å². The zero-order chi connectivity index (χ0) is 13.1. The first-order valence-corrected chi connectivity index (χ1v) is 5.33. The number of nitrogens with one attached hydrogen (secondary N) is 1. The van der Waals surface area contributed by atoms with E-state index in [1.54, 1.807) is 0 Å². The molecule has 7 heteroatoms. The number of ether oxygens (including phenoxy) is 2. The molecule has 0 spiro atoms. The molecule has 0 atom stereocenters. The predicted octanol–water partition coefficient (Wildman–Crippen LogP) is 0.732. The van der Waals surface area contributed by atoms with Crippen LogP contribution in [-0.2, 0) is 4.74 Å². The second kappa shape index (κ2) is 5.01. The summed E-state index contributed by atoms with van der Waals surface area (Å²) in [5, 5.41) is 13.6. The quantitative estimate of drug-likeness (QED) is 0.630. The van der Waals surface area contributed by atoms with Gasteiger partial charge in [0.05, 0.1) is 31.3 Å². The van der Waals surface area contributed by atoms with Crippen molar-refractivity contribution >= 4 is 11.6 Å². The summed E-state index contributed by atoms with van der Waals surface area (Å²) in [5.74, 6) is -0.339. The standard InChI is InChI=1S/C11H12N2O5/c1-17-9-4-2-3-8(13(15)16)10(9)11(14)12-7-5-18-6-7/h2-4,7H,5-6H2,1H3,(H,12,14). The molecule has 0 unspecified atom stereocenters. The number of hydrogen-bond donors (Lipinski definition) is 1. The molecule has 0 radical (unpaired) electrons. The lowest BCUT2D eigenvalue weighted by atomic mass is 10.1. The molecule has 2 rings (SSSR count). The number of benzene rings is 1. The Morgan fingerprint density at radius 3 is 2.78 bits per heavy atom. The molecular weight excluding hydrogens is 240 g/mol. The third-order valence-electron chi connectivity index (χ3n) is 2.62. The Morgan fingerprint density at radius 2 is 2.28 bits per heavy atom. The number of rotatable bonds is 4. The first-order valence-electron chi connectivity index (χ1n) is 5.33. The highest BCUT2D eigenvalue weighted by molar-refractivity contribution is 6.01. The van der Waals surface area contributed by atoms with E-state index in [9.17, 15) is 14.9 Å². The van der Waals surface area contributed by atoms with Crippen LogP contribution in [0.1, 0.15) is 10.4 Å². The Labute approximate surface area is 103 Å². The van der Waals surface area contributed by atoms with Crippen molar-refractivity contribution < 1.29 is 19.2 Å². The van der Waals surface area contributed by atoms with Crippen LogP contribution >= 0.6 is 0 Å². The van der Waals surface area contributed by atoms with Crippen LogP contribution in [0.2, 0.25) is 0 Å². The van der Waals surface area contributed by atoms with Crippen molar-refractivity contribution in [3.05, 3.63) is 33.9 Å². The van der Waals surface area contributed by atoms with Gasteiger partial charge in [-0.3, -0.25) is 14.9 Å². The average Bonchev–Trinajstić information content (AvgIpc) is 2.32. The van der Waals surface area contributed by atoms with E-state index in [1.807, 2.05) is 0 Å². The number of methoxy groups -OCH3 is 1. The fourth-order valence-electron chi connectivity index (χ4n) is 1.65. The van der Waals surface area contributed by atoms with E-state index < -0.39 is 10.8 Å². The Morgan fingerprint density at radius 1 is 1.56 bits per heavy atom. The van der Waals surface area contributed by atoms with Crippen molar-refractivity contribution in [3.8, 4) is 5.75 Å². The first-order chi connectivity index (χ1) is 8.63. The van der Waals surface area contributed by atoms with Gasteiger partial charge in [0.15, 0.2) is 5.56 Å². The van der Waals surface area contributed by atoms with Crippen molar-refractivity contribution in [3.63, 3.8) is 0 Å². The van der Waals surface area contributed by atoms with Crippen LogP contribution in [0.25, 0.3) is 0 Å². The first kappa shape index (κ1) is 12.3. The predicted molar refractivity (Wildman–Crippen MR) is 61.7 cm³/mol. The van der Waals surface area contributed by atoms with Gasteiger partial charge in [0.1, 0.15) is 5.75 Å². The number of nitro groups is 1. The molecule has 1 aliphatic heterocycles. The molecule has 18 heavy (non-hydrogen) atoms. The van der Waals surface area contributed by atoms with E-state index in [1.165, 1.54) is 25.3 Å². The van der Waals surface area contributed by atoms with Gasteiger partial charge in [-0.25, -0.2) is 0 Å². The SMILES string of the molecule is COc1cccc([N+](=O)[O-])c1C(=O)NC1COC1. The van der Waals surface area contributed by atoms with Crippen LogP contribution in [-0.4, -0.2) is 37.2 Å². The fraction of sp³-hybridized carbons (Fsp3) is 0.364. The monoisotopic (exact) mass is 252 g/mol. The van der Waals surface area contributed by atoms with Crippen LogP contribution < -0.4 is 10.1 Å². The Hall–Kier alpha value is -2.15. The lowest BCUT2D eigenvalue weighted by Gasteiger charge is -2.26. The van der Waals surface area contributed by atoms with Gasteiger partial charge < -0.3 is 14.8 Å². The zero-order valence-corrected chi connectivity index (χ0v) is 9.71. The van der Waals surface area contributed by atoms with Crippen molar-refractivity contribution in [2.75, 3.05) is 20.3 Å². The topological polar surface area (TPSA) is 90.7 Å². The smallest absolute Gasteiger partial charge is 0.285 e. The summed E-state index contributed by atoms with van der Waals surface area (Å²) in [6.45, 7) is 0.851. The minimum Gasteiger partial charge on any atom is -0.496 e. The maximum atomic E-state index is 12.0. The summed E-state index contributed by atoms with van der Waals surface area (Å²) in [7, 11) is 1.36. The maximum absolute atomic E-state index is 12.0. The molecule has 1 aromatic rings. The van der Waals surface area contributed by atoms with Crippen LogP contribution in [0.15, 0.2) is 18.2 Å². The van der Waals surface area contributed by atoms with Gasteiger partial charge in [0.25, 0.3) is 11.6 Å². The normalized spacial score (nSPS) is 14.7. The Bertz CT molecular complexity index is 484. The zero-order valence-electron chi connectivity index (χ0n) is 9.71. The van der Waals surface area contributed by atoms with E-state index in [4.69, 9.17) is 9.47 Å². The Balaban J connectivity index is 2.33. The molecule has 0 aromatic heterocycles. The lowest BCUT2D eigenvalue weighted by Crippen LogP contribution is -2.48. The molecule has 0 saturated carbocycles. The number of nitro benzene ring substituents is 1. The second-order valence-electron chi connectivity index (χ2n) is 3.82. The molecular formula is C11H12N2O5. The van der Waals surface area contributed by atoms with Gasteiger partial charge in [0.2, 0.25) is 0 Å². The summed E-state index contributed by atoms with van der Waals surface area (Å²) < 4.78 is 9.92. The number of carbonyl (C=O) groups excluding carboxylic acids is 1. The van der Waals surface area contributed by atoms with Crippen LogP contribution in [0, 0.1) is 10.1 Å². The summed E-state index contributed by atoms with van der Waals surface area (Å²) in [4.78, 5) is 22.3. The van der Waals surface area contributed by atoms with E-state index in [2.05, 4.69) is 5.32 Å². The number of carbonyl (C=O) groups is 1. The van der Waals surface area contributed by atoms with Crippen molar-refractivity contribution in [1.82, 2.24) is 5.32 Å². The molecule has 0 bridgehead atoms. The van der Waals surface area contributed by atoms with Crippen LogP contribution in [0.5, 0.6) is 5.75 Å². The highest BCUT2D eigenvalue weighted by Crippen LogP contribution is 2.28. The van der Waals surface area contributed by atoms with Gasteiger partial charge >= 0.3 is 0 Å². The van der Waals surface area contributed by atoms with Crippen molar-refractivity contribution in [2.45, 2.75) is 6.04 Å². The minimum atomic E-state index is -0.602. The molecule has 1 fully saturated rings. The largest absolute Gasteiger partial charge is 0.496 e. The summed E-state index contributed by atoms with van der Waals surface area (Å²) >= 11 is 0. The highest BCUT2D eigenvalue weighted by Gasteiger charge is 2.28. The molecule has 1 N–H and O–H groups in total. The molecule has 0 aliphatic carbocycles. The van der Waals surface area contributed by atoms with Gasteiger partial charge in [-0.1, -0.05) is 6.07 Å². The van der Waals surface area contributed by atoms with Crippen molar-refractivity contribution in [2.24, 2.45) is 0 Å². The van der Waals surface area contributed by atoms with Crippen LogP contribution in [0.4, 0.5) is 5.69 Å². The molecule has 1 amide bonds. The van der Waals surface area contributed by atoms with E-state index >= 15 is 0 Å². The van der Waals surface area contributed by atoms with Gasteiger partial charge in [-0.05, 0) is 6.07 Å². The molecule has 1 saturated heterocycles. The fourth-order valence-corrected chi connectivity index (χ4v) is 1.65. The minimum absolute atomic E-state index is 0.0584. The number of amides is 1. The number of hydrogen-bond acceptors (Lipinski definition) is 5. The van der Waals surface area contributed by atoms with E-state index in [-0.39, 0.29) is 23.0 Å². The van der Waals surface area contributed by atoms with E-state index in [0.717, 1.165) is 0 Å². The third kappa shape index (κ3) is 2.25. The molecule has 96 valence electrons.